The van der Waals surface area contributed by atoms with Gasteiger partial charge < -0.3 is 14.6 Å². The van der Waals surface area contributed by atoms with Gasteiger partial charge in [-0.25, -0.2) is 9.97 Å². The van der Waals surface area contributed by atoms with Crippen molar-refractivity contribution >= 4 is 5.82 Å². The Balaban J connectivity index is 1.64. The van der Waals surface area contributed by atoms with Crippen LogP contribution in [0.15, 0.2) is 41.2 Å². The lowest BCUT2D eigenvalue weighted by Crippen LogP contribution is -2.06. The molecule has 0 aliphatic rings. The van der Waals surface area contributed by atoms with Crippen LogP contribution in [0.4, 0.5) is 5.82 Å². The average Bonchev–Trinajstić information content (AvgIpc) is 2.94. The van der Waals surface area contributed by atoms with Crippen LogP contribution in [0.1, 0.15) is 17.0 Å². The molecule has 124 valence electrons. The summed E-state index contributed by atoms with van der Waals surface area (Å²) >= 11 is 0. The summed E-state index contributed by atoms with van der Waals surface area (Å²) in [5.74, 6) is 2.41. The number of anilines is 1. The van der Waals surface area contributed by atoms with Crippen LogP contribution < -0.4 is 10.1 Å². The van der Waals surface area contributed by atoms with Gasteiger partial charge in [-0.3, -0.25) is 0 Å². The first-order valence-electron chi connectivity index (χ1n) is 7.79. The number of aromatic nitrogens is 3. The summed E-state index contributed by atoms with van der Waals surface area (Å²) in [5, 5.41) is 7.30. The third-order valence-corrected chi connectivity index (χ3v) is 3.84. The second kappa shape index (κ2) is 7.12. The molecule has 0 aliphatic heterocycles. The summed E-state index contributed by atoms with van der Waals surface area (Å²) in [7, 11) is 1.67. The molecule has 0 aliphatic carbocycles. The largest absolute Gasteiger partial charge is 0.497 e. The highest BCUT2D eigenvalue weighted by molar-refractivity contribution is 5.65. The lowest BCUT2D eigenvalue weighted by atomic mass is 10.1. The van der Waals surface area contributed by atoms with Crippen LogP contribution in [0.25, 0.3) is 11.3 Å². The van der Waals surface area contributed by atoms with Crippen LogP contribution in [-0.4, -0.2) is 28.8 Å². The van der Waals surface area contributed by atoms with E-state index in [2.05, 4.69) is 32.6 Å². The Morgan fingerprint density at radius 1 is 1.12 bits per heavy atom. The molecule has 3 aromatic rings. The first-order valence-corrected chi connectivity index (χ1v) is 7.79. The lowest BCUT2D eigenvalue weighted by molar-refractivity contribution is 0.393. The molecule has 1 N–H and O–H groups in total. The molecule has 24 heavy (non-hydrogen) atoms. The number of hydrogen-bond donors (Lipinski definition) is 1. The molecule has 0 fully saturated rings. The van der Waals surface area contributed by atoms with Gasteiger partial charge in [0.15, 0.2) is 0 Å². The predicted molar refractivity (Wildman–Crippen MR) is 92.2 cm³/mol. The molecule has 0 atom stereocenters. The van der Waals surface area contributed by atoms with Crippen LogP contribution in [-0.2, 0) is 6.42 Å². The van der Waals surface area contributed by atoms with Gasteiger partial charge in [0.05, 0.1) is 24.1 Å². The lowest BCUT2D eigenvalue weighted by Gasteiger charge is -2.07. The molecule has 6 nitrogen and oxygen atoms in total. The molecule has 3 rings (SSSR count). The first kappa shape index (κ1) is 16.0. The second-order valence-corrected chi connectivity index (χ2v) is 5.51. The van der Waals surface area contributed by atoms with E-state index in [-0.39, 0.29) is 0 Å². The standard InChI is InChI=1S/C18H20N4O2/c1-12-18(13(2)24-22-12)16-10-17(21-11-20-16)19-9-8-14-4-6-15(23-3)7-5-14/h4-7,10-11H,8-9H2,1-3H3,(H,19,20,21). The van der Waals surface area contributed by atoms with Gasteiger partial charge >= 0.3 is 0 Å². The monoisotopic (exact) mass is 324 g/mol. The molecule has 2 heterocycles. The molecule has 1 aromatic carbocycles. The van der Waals surface area contributed by atoms with Crippen molar-refractivity contribution in [1.29, 1.82) is 0 Å². The van der Waals surface area contributed by atoms with Crippen molar-refractivity contribution in [3.63, 3.8) is 0 Å². The van der Waals surface area contributed by atoms with Crippen LogP contribution >= 0.6 is 0 Å². The van der Waals surface area contributed by atoms with Crippen LogP contribution in [0.5, 0.6) is 5.75 Å². The average molecular weight is 324 g/mol. The van der Waals surface area contributed by atoms with E-state index in [0.29, 0.717) is 0 Å². The number of benzene rings is 1. The van der Waals surface area contributed by atoms with Crippen molar-refractivity contribution in [1.82, 2.24) is 15.1 Å². The first-order chi connectivity index (χ1) is 11.7. The number of methoxy groups -OCH3 is 1. The number of nitrogens with zero attached hydrogens (tertiary/aromatic N) is 3. The van der Waals surface area contributed by atoms with Gasteiger partial charge in [-0.2, -0.15) is 0 Å². The van der Waals surface area contributed by atoms with Crippen molar-refractivity contribution in [3.8, 4) is 17.0 Å². The van der Waals surface area contributed by atoms with E-state index in [1.807, 2.05) is 32.0 Å². The molecule has 0 spiro atoms. The normalized spacial score (nSPS) is 10.6. The third-order valence-electron chi connectivity index (χ3n) is 3.84. The number of ether oxygens (including phenoxy) is 1. The molecule has 0 radical (unpaired) electrons. The molecular formula is C18H20N4O2. The molecule has 0 amide bonds. The smallest absolute Gasteiger partial charge is 0.143 e. The van der Waals surface area contributed by atoms with Crippen LogP contribution in [0.3, 0.4) is 0 Å². The maximum absolute atomic E-state index is 5.21. The minimum absolute atomic E-state index is 0.760. The van der Waals surface area contributed by atoms with Gasteiger partial charge in [0, 0.05) is 12.6 Å². The van der Waals surface area contributed by atoms with Gasteiger partial charge in [0.1, 0.15) is 23.7 Å². The van der Waals surface area contributed by atoms with E-state index in [9.17, 15) is 0 Å². The molecular weight excluding hydrogens is 304 g/mol. The minimum atomic E-state index is 0.760. The zero-order chi connectivity index (χ0) is 16.9. The predicted octanol–water partition coefficient (Wildman–Crippen LogP) is 3.41. The third kappa shape index (κ3) is 3.53. The Hall–Kier alpha value is -2.89. The Labute approximate surface area is 140 Å². The molecule has 0 saturated heterocycles. The second-order valence-electron chi connectivity index (χ2n) is 5.51. The zero-order valence-electron chi connectivity index (χ0n) is 14.0. The maximum Gasteiger partial charge on any atom is 0.143 e. The Kier molecular flexibility index (Phi) is 4.74. The van der Waals surface area contributed by atoms with Crippen molar-refractivity contribution in [3.05, 3.63) is 53.7 Å². The highest BCUT2D eigenvalue weighted by Gasteiger charge is 2.13. The topological polar surface area (TPSA) is 73.1 Å². The molecule has 0 bridgehead atoms. The Bertz CT molecular complexity index is 793. The quantitative estimate of drug-likeness (QED) is 0.749. The van der Waals surface area contributed by atoms with E-state index in [1.54, 1.807) is 13.4 Å². The van der Waals surface area contributed by atoms with Gasteiger partial charge in [0.2, 0.25) is 0 Å². The summed E-state index contributed by atoms with van der Waals surface area (Å²) in [4.78, 5) is 8.60. The minimum Gasteiger partial charge on any atom is -0.497 e. The Morgan fingerprint density at radius 2 is 1.92 bits per heavy atom. The van der Waals surface area contributed by atoms with E-state index in [1.165, 1.54) is 5.56 Å². The number of hydrogen-bond acceptors (Lipinski definition) is 6. The fourth-order valence-electron chi connectivity index (χ4n) is 2.57. The van der Waals surface area contributed by atoms with Crippen molar-refractivity contribution < 1.29 is 9.26 Å². The number of aryl methyl sites for hydroxylation is 2. The molecule has 6 heteroatoms. The number of nitrogens with one attached hydrogen (secondary N) is 1. The fraction of sp³-hybridized carbons (Fsp3) is 0.278. The number of rotatable bonds is 6. The van der Waals surface area contributed by atoms with Crippen LogP contribution in [0, 0.1) is 13.8 Å². The zero-order valence-corrected chi connectivity index (χ0v) is 14.0. The summed E-state index contributed by atoms with van der Waals surface area (Å²) in [6.45, 7) is 4.57. The highest BCUT2D eigenvalue weighted by Crippen LogP contribution is 2.25. The van der Waals surface area contributed by atoms with Gasteiger partial charge in [-0.1, -0.05) is 17.3 Å². The van der Waals surface area contributed by atoms with Gasteiger partial charge in [-0.05, 0) is 38.0 Å². The van der Waals surface area contributed by atoms with E-state index in [4.69, 9.17) is 9.26 Å². The summed E-state index contributed by atoms with van der Waals surface area (Å²) in [5.41, 5.74) is 3.81. The molecule has 0 saturated carbocycles. The van der Waals surface area contributed by atoms with E-state index in [0.717, 1.165) is 47.2 Å². The Morgan fingerprint density at radius 3 is 2.58 bits per heavy atom. The maximum atomic E-state index is 5.21. The molecule has 2 aromatic heterocycles. The highest BCUT2D eigenvalue weighted by atomic mass is 16.5. The van der Waals surface area contributed by atoms with Crippen LogP contribution in [0.2, 0.25) is 0 Å². The van der Waals surface area contributed by atoms with E-state index >= 15 is 0 Å². The van der Waals surface area contributed by atoms with Crippen molar-refractivity contribution in [2.24, 2.45) is 0 Å². The summed E-state index contributed by atoms with van der Waals surface area (Å²) in [6.07, 6.45) is 2.45. The summed E-state index contributed by atoms with van der Waals surface area (Å²) in [6, 6.07) is 9.98. The summed E-state index contributed by atoms with van der Waals surface area (Å²) < 4.78 is 10.4. The SMILES string of the molecule is COc1ccc(CCNc2cc(-c3c(C)noc3C)ncn2)cc1. The van der Waals surface area contributed by atoms with Gasteiger partial charge in [0.25, 0.3) is 0 Å². The fourth-order valence-corrected chi connectivity index (χ4v) is 2.57. The van der Waals surface area contributed by atoms with Crippen molar-refractivity contribution in [2.75, 3.05) is 19.0 Å². The van der Waals surface area contributed by atoms with Crippen molar-refractivity contribution in [2.45, 2.75) is 20.3 Å². The van der Waals surface area contributed by atoms with Gasteiger partial charge in [-0.15, -0.1) is 0 Å². The molecule has 0 unspecified atom stereocenters. The van der Waals surface area contributed by atoms with E-state index < -0.39 is 0 Å².